The van der Waals surface area contributed by atoms with E-state index < -0.39 is 0 Å². The van der Waals surface area contributed by atoms with E-state index in [4.69, 9.17) is 9.47 Å². The number of hydrogen-bond acceptors (Lipinski definition) is 5. The second-order valence-corrected chi connectivity index (χ2v) is 9.78. The van der Waals surface area contributed by atoms with E-state index in [9.17, 15) is 9.59 Å². The summed E-state index contributed by atoms with van der Waals surface area (Å²) in [6.45, 7) is 5.20. The molecule has 6 nitrogen and oxygen atoms in total. The number of thiophene rings is 1. The SMILES string of the molecule is CCCN(CC(=O)N1CCc2sccc2C1c1ccc(C)cc1)C(=O)c1cc(OC)cc(OC)c1. The summed E-state index contributed by atoms with van der Waals surface area (Å²) < 4.78 is 10.7. The van der Waals surface area contributed by atoms with Gasteiger partial charge in [-0.15, -0.1) is 11.3 Å². The van der Waals surface area contributed by atoms with Gasteiger partial charge in [0.1, 0.15) is 18.0 Å². The molecular formula is C28H32N2O4S. The largest absolute Gasteiger partial charge is 0.497 e. The van der Waals surface area contributed by atoms with Crippen LogP contribution in [-0.4, -0.2) is 55.5 Å². The molecule has 184 valence electrons. The maximum absolute atomic E-state index is 13.7. The maximum atomic E-state index is 13.7. The van der Waals surface area contributed by atoms with Gasteiger partial charge in [0.2, 0.25) is 5.91 Å². The van der Waals surface area contributed by atoms with Crippen LogP contribution in [0.25, 0.3) is 0 Å². The number of carbonyl (C=O) groups is 2. The Balaban J connectivity index is 1.61. The summed E-state index contributed by atoms with van der Waals surface area (Å²) in [5, 5.41) is 2.10. The highest BCUT2D eigenvalue weighted by Gasteiger charge is 2.34. The first-order valence-electron chi connectivity index (χ1n) is 11.9. The minimum Gasteiger partial charge on any atom is -0.497 e. The van der Waals surface area contributed by atoms with Gasteiger partial charge in [-0.1, -0.05) is 36.8 Å². The van der Waals surface area contributed by atoms with Gasteiger partial charge < -0.3 is 19.3 Å². The van der Waals surface area contributed by atoms with E-state index in [2.05, 4.69) is 42.6 Å². The number of aryl methyl sites for hydroxylation is 1. The van der Waals surface area contributed by atoms with Crippen LogP contribution in [-0.2, 0) is 11.2 Å². The standard InChI is InChI=1S/C28H32N2O4S/c1-5-12-29(28(32)21-15-22(33-3)17-23(16-21)34-4)18-26(31)30-13-10-25-24(11-14-35-25)27(30)20-8-6-19(2)7-9-20/h6-9,11,14-17,27H,5,10,12-13,18H2,1-4H3. The zero-order valence-electron chi connectivity index (χ0n) is 20.7. The van der Waals surface area contributed by atoms with E-state index in [0.717, 1.165) is 18.4 Å². The van der Waals surface area contributed by atoms with Crippen LogP contribution < -0.4 is 9.47 Å². The van der Waals surface area contributed by atoms with E-state index in [-0.39, 0.29) is 24.4 Å². The van der Waals surface area contributed by atoms with Crippen LogP contribution in [0.15, 0.2) is 53.9 Å². The highest BCUT2D eigenvalue weighted by Crippen LogP contribution is 2.38. The number of amides is 2. The van der Waals surface area contributed by atoms with Crippen molar-refractivity contribution in [1.29, 1.82) is 0 Å². The minimum atomic E-state index is -0.211. The van der Waals surface area contributed by atoms with Crippen molar-refractivity contribution < 1.29 is 19.1 Å². The van der Waals surface area contributed by atoms with Gasteiger partial charge in [0.25, 0.3) is 5.91 Å². The summed E-state index contributed by atoms with van der Waals surface area (Å²) in [7, 11) is 3.10. The monoisotopic (exact) mass is 492 g/mol. The number of hydrogen-bond donors (Lipinski definition) is 0. The molecule has 2 aromatic carbocycles. The number of benzene rings is 2. The number of nitrogens with zero attached hydrogens (tertiary/aromatic N) is 2. The molecule has 0 saturated heterocycles. The van der Waals surface area contributed by atoms with Crippen molar-refractivity contribution in [2.75, 3.05) is 33.9 Å². The molecule has 0 saturated carbocycles. The molecule has 1 unspecified atom stereocenters. The first-order chi connectivity index (χ1) is 16.9. The summed E-state index contributed by atoms with van der Waals surface area (Å²) in [5.41, 5.74) is 3.90. The lowest BCUT2D eigenvalue weighted by Gasteiger charge is -2.37. The van der Waals surface area contributed by atoms with Crippen molar-refractivity contribution in [2.45, 2.75) is 32.7 Å². The van der Waals surface area contributed by atoms with Gasteiger partial charge in [-0.3, -0.25) is 9.59 Å². The Kier molecular flexibility index (Phi) is 7.76. The average Bonchev–Trinajstić information content (AvgIpc) is 3.36. The second-order valence-electron chi connectivity index (χ2n) is 8.78. The average molecular weight is 493 g/mol. The lowest BCUT2D eigenvalue weighted by Crippen LogP contribution is -2.47. The van der Waals surface area contributed by atoms with Crippen molar-refractivity contribution in [2.24, 2.45) is 0 Å². The second kappa shape index (κ2) is 11.0. The van der Waals surface area contributed by atoms with Crippen molar-refractivity contribution in [3.63, 3.8) is 0 Å². The zero-order valence-corrected chi connectivity index (χ0v) is 21.6. The smallest absolute Gasteiger partial charge is 0.254 e. The number of fused-ring (bicyclic) bond motifs is 1. The molecule has 0 bridgehead atoms. The van der Waals surface area contributed by atoms with Gasteiger partial charge in [-0.2, -0.15) is 0 Å². The van der Waals surface area contributed by atoms with Crippen molar-refractivity contribution in [3.8, 4) is 11.5 Å². The molecule has 0 spiro atoms. The molecule has 1 aromatic heterocycles. The lowest BCUT2D eigenvalue weighted by atomic mass is 9.92. The van der Waals surface area contributed by atoms with Crippen LogP contribution in [0.5, 0.6) is 11.5 Å². The molecule has 0 aliphatic carbocycles. The molecule has 0 radical (unpaired) electrons. The molecule has 7 heteroatoms. The molecule has 2 heterocycles. The van der Waals surface area contributed by atoms with Gasteiger partial charge >= 0.3 is 0 Å². The van der Waals surface area contributed by atoms with Gasteiger partial charge in [0, 0.05) is 29.6 Å². The number of methoxy groups -OCH3 is 2. The molecule has 1 aliphatic rings. The summed E-state index contributed by atoms with van der Waals surface area (Å²) in [6.07, 6.45) is 1.58. The van der Waals surface area contributed by atoms with E-state index in [1.54, 1.807) is 48.7 Å². The Labute approximate surface area is 211 Å². The molecule has 0 fully saturated rings. The third-order valence-electron chi connectivity index (χ3n) is 6.38. The van der Waals surface area contributed by atoms with Gasteiger partial charge in [-0.05, 0) is 54.5 Å². The summed E-state index contributed by atoms with van der Waals surface area (Å²) in [6, 6.07) is 15.5. The van der Waals surface area contributed by atoms with Crippen LogP contribution >= 0.6 is 11.3 Å². The topological polar surface area (TPSA) is 59.1 Å². The predicted molar refractivity (Wildman–Crippen MR) is 138 cm³/mol. The lowest BCUT2D eigenvalue weighted by molar-refractivity contribution is -0.134. The van der Waals surface area contributed by atoms with E-state index >= 15 is 0 Å². The molecule has 3 aromatic rings. The quantitative estimate of drug-likeness (QED) is 0.439. The number of carbonyl (C=O) groups excluding carboxylic acids is 2. The van der Waals surface area contributed by atoms with Crippen LogP contribution in [0.4, 0.5) is 0 Å². The van der Waals surface area contributed by atoms with Crippen molar-refractivity contribution in [1.82, 2.24) is 9.80 Å². The van der Waals surface area contributed by atoms with Gasteiger partial charge in [0.05, 0.1) is 20.3 Å². The Morgan fingerprint density at radius 3 is 2.37 bits per heavy atom. The van der Waals surface area contributed by atoms with Crippen LogP contribution in [0.1, 0.15) is 51.3 Å². The molecule has 35 heavy (non-hydrogen) atoms. The van der Waals surface area contributed by atoms with Crippen molar-refractivity contribution >= 4 is 23.2 Å². The van der Waals surface area contributed by atoms with E-state index in [1.165, 1.54) is 16.0 Å². The highest BCUT2D eigenvalue weighted by molar-refractivity contribution is 7.10. The van der Waals surface area contributed by atoms with Gasteiger partial charge in [-0.25, -0.2) is 0 Å². The molecule has 2 amide bonds. The van der Waals surface area contributed by atoms with E-state index in [1.807, 2.05) is 11.8 Å². The Bertz CT molecular complexity index is 1170. The Hall–Kier alpha value is -3.32. The summed E-state index contributed by atoms with van der Waals surface area (Å²) >= 11 is 1.75. The number of ether oxygens (including phenoxy) is 2. The first kappa shape index (κ1) is 24.8. The third-order valence-corrected chi connectivity index (χ3v) is 7.38. The van der Waals surface area contributed by atoms with Crippen LogP contribution in [0.2, 0.25) is 0 Å². The first-order valence-corrected chi connectivity index (χ1v) is 12.8. The minimum absolute atomic E-state index is 0.0219. The normalized spacial score (nSPS) is 14.9. The van der Waals surface area contributed by atoms with Gasteiger partial charge in [0.15, 0.2) is 0 Å². The fraction of sp³-hybridized carbons (Fsp3) is 0.357. The molecular weight excluding hydrogens is 460 g/mol. The molecule has 1 atom stereocenters. The summed E-state index contributed by atoms with van der Waals surface area (Å²) in [5.74, 6) is 0.813. The predicted octanol–water partition coefficient (Wildman–Crippen LogP) is 5.10. The molecule has 4 rings (SSSR count). The Morgan fingerprint density at radius 1 is 1.06 bits per heavy atom. The van der Waals surface area contributed by atoms with Crippen LogP contribution in [0.3, 0.4) is 0 Å². The van der Waals surface area contributed by atoms with E-state index in [0.29, 0.717) is 30.2 Å². The highest BCUT2D eigenvalue weighted by atomic mass is 32.1. The fourth-order valence-electron chi connectivity index (χ4n) is 4.58. The maximum Gasteiger partial charge on any atom is 0.254 e. The number of rotatable bonds is 8. The molecule has 1 aliphatic heterocycles. The Morgan fingerprint density at radius 2 is 1.74 bits per heavy atom. The third kappa shape index (κ3) is 5.35. The fourth-order valence-corrected chi connectivity index (χ4v) is 5.49. The van der Waals surface area contributed by atoms with Crippen molar-refractivity contribution in [3.05, 3.63) is 81.0 Å². The zero-order chi connectivity index (χ0) is 24.9. The van der Waals surface area contributed by atoms with Crippen LogP contribution in [0, 0.1) is 6.92 Å². The molecule has 0 N–H and O–H groups in total. The summed E-state index contributed by atoms with van der Waals surface area (Å²) in [4.78, 5) is 32.1.